The molecule has 2 nitrogen and oxygen atoms in total. The van der Waals surface area contributed by atoms with Crippen molar-refractivity contribution in [3.63, 3.8) is 0 Å². The summed E-state index contributed by atoms with van der Waals surface area (Å²) >= 11 is 1.76. The van der Waals surface area contributed by atoms with Crippen LogP contribution in [-0.2, 0) is 6.42 Å². The first-order valence-electron chi connectivity index (χ1n) is 13.5. The zero-order valence-electron chi connectivity index (χ0n) is 22.0. The van der Waals surface area contributed by atoms with Crippen molar-refractivity contribution in [1.29, 1.82) is 0 Å². The molecular formula is C36H27FN2S. The Morgan fingerprint density at radius 3 is 2.48 bits per heavy atom. The Bertz CT molecular complexity index is 1940. The molecule has 1 aromatic heterocycles. The monoisotopic (exact) mass is 538 g/mol. The van der Waals surface area contributed by atoms with Gasteiger partial charge < -0.3 is 0 Å². The van der Waals surface area contributed by atoms with Crippen LogP contribution in [0.15, 0.2) is 126 Å². The van der Waals surface area contributed by atoms with Crippen molar-refractivity contribution >= 4 is 42.9 Å². The molecule has 4 heteroatoms. The topological polar surface area (TPSA) is 24.7 Å². The standard InChI is InChI=1S/C36H27FN2S/c1-4-31-27-12-7-6-11-26(27)29-17-13-22-14-18-30-28-16-15-24(23-9-8-10-25(37)19-23)20-33(28)40-36(30)34(22)32(5-2)38-21(3)35(29)39-31/h4-12,14-16,18-20,29,35H,1-3,13,17H2. The number of allylic oxidation sites excluding steroid dienone is 2. The Morgan fingerprint density at radius 1 is 0.850 bits per heavy atom. The minimum Gasteiger partial charge on any atom is -0.274 e. The summed E-state index contributed by atoms with van der Waals surface area (Å²) in [6.45, 7) is 12.6. The van der Waals surface area contributed by atoms with Gasteiger partial charge in [-0.1, -0.05) is 80.4 Å². The number of aliphatic imine (C=N–C) groups is 2. The summed E-state index contributed by atoms with van der Waals surface area (Å²) in [5.41, 5.74) is 9.16. The number of fused-ring (bicyclic) bond motifs is 8. The smallest absolute Gasteiger partial charge is 0.123 e. The van der Waals surface area contributed by atoms with Gasteiger partial charge in [0.25, 0.3) is 0 Å². The number of thiophene rings is 1. The summed E-state index contributed by atoms with van der Waals surface area (Å²) in [6, 6.07) is 26.0. The predicted molar refractivity (Wildman–Crippen MR) is 169 cm³/mol. The lowest BCUT2D eigenvalue weighted by molar-refractivity contribution is 0.541. The van der Waals surface area contributed by atoms with E-state index in [1.165, 1.54) is 32.7 Å². The number of hydrogen-bond donors (Lipinski definition) is 0. The van der Waals surface area contributed by atoms with Gasteiger partial charge >= 0.3 is 0 Å². The Kier molecular flexibility index (Phi) is 5.94. The van der Waals surface area contributed by atoms with Crippen LogP contribution >= 0.6 is 11.3 Å². The number of halogens is 1. The Labute approximate surface area is 237 Å². The van der Waals surface area contributed by atoms with Gasteiger partial charge in [-0.3, -0.25) is 9.98 Å². The number of hydrogen-bond acceptors (Lipinski definition) is 3. The van der Waals surface area contributed by atoms with Crippen LogP contribution in [0.5, 0.6) is 0 Å². The fraction of sp³-hybridized carbons (Fsp3) is 0.111. The van der Waals surface area contributed by atoms with E-state index in [4.69, 9.17) is 9.98 Å². The average molecular weight is 539 g/mol. The molecule has 0 aliphatic carbocycles. The largest absolute Gasteiger partial charge is 0.274 e. The van der Waals surface area contributed by atoms with Crippen LogP contribution in [0.2, 0.25) is 0 Å². The lowest BCUT2D eigenvalue weighted by Gasteiger charge is -2.31. The highest BCUT2D eigenvalue weighted by Crippen LogP contribution is 2.43. The second kappa shape index (κ2) is 9.65. The molecule has 0 fully saturated rings. The van der Waals surface area contributed by atoms with Crippen LogP contribution in [0.25, 0.3) is 31.3 Å². The fourth-order valence-corrected chi connectivity index (χ4v) is 7.59. The van der Waals surface area contributed by atoms with Crippen molar-refractivity contribution in [2.45, 2.75) is 24.8 Å². The number of benzene rings is 4. The summed E-state index contributed by atoms with van der Waals surface area (Å²) in [7, 11) is 0. The number of rotatable bonds is 3. The zero-order valence-corrected chi connectivity index (χ0v) is 22.8. The molecule has 0 N–H and O–H groups in total. The van der Waals surface area contributed by atoms with E-state index < -0.39 is 0 Å². The van der Waals surface area contributed by atoms with Gasteiger partial charge in [-0.25, -0.2) is 4.39 Å². The second-order valence-electron chi connectivity index (χ2n) is 10.4. The van der Waals surface area contributed by atoms with Crippen LogP contribution in [0.4, 0.5) is 4.39 Å². The van der Waals surface area contributed by atoms with Crippen LogP contribution in [0.1, 0.15) is 34.6 Å². The van der Waals surface area contributed by atoms with Crippen LogP contribution in [-0.4, -0.2) is 17.5 Å². The van der Waals surface area contributed by atoms with Crippen LogP contribution in [0, 0.1) is 5.82 Å². The fourth-order valence-electron chi connectivity index (χ4n) is 6.27. The summed E-state index contributed by atoms with van der Waals surface area (Å²) in [6.07, 6.45) is 5.51. The second-order valence-corrected chi connectivity index (χ2v) is 11.4. The Morgan fingerprint density at radius 2 is 1.65 bits per heavy atom. The van der Waals surface area contributed by atoms with E-state index in [2.05, 4.69) is 74.3 Å². The molecule has 7 rings (SSSR count). The van der Waals surface area contributed by atoms with Gasteiger partial charge in [0.1, 0.15) is 5.82 Å². The summed E-state index contributed by atoms with van der Waals surface area (Å²) in [4.78, 5) is 10.2. The minimum atomic E-state index is -0.230. The zero-order chi connectivity index (χ0) is 27.4. The number of aryl methyl sites for hydroxylation is 1. The van der Waals surface area contributed by atoms with Crippen LogP contribution in [0.3, 0.4) is 0 Å². The Balaban J connectivity index is 1.41. The predicted octanol–water partition coefficient (Wildman–Crippen LogP) is 9.44. The molecule has 0 amide bonds. The van der Waals surface area contributed by atoms with E-state index in [-0.39, 0.29) is 17.8 Å². The average Bonchev–Trinajstić information content (AvgIpc) is 3.37. The molecule has 0 spiro atoms. The van der Waals surface area contributed by atoms with Gasteiger partial charge in [-0.15, -0.1) is 11.3 Å². The van der Waals surface area contributed by atoms with E-state index in [9.17, 15) is 4.39 Å². The summed E-state index contributed by atoms with van der Waals surface area (Å²) in [5, 5.41) is 2.38. The van der Waals surface area contributed by atoms with Crippen molar-refractivity contribution in [1.82, 2.24) is 0 Å². The van der Waals surface area contributed by atoms with E-state index in [0.717, 1.165) is 56.9 Å². The molecule has 4 aromatic carbocycles. The quantitative estimate of drug-likeness (QED) is 0.219. The van der Waals surface area contributed by atoms with E-state index in [1.54, 1.807) is 23.5 Å². The lowest BCUT2D eigenvalue weighted by atomic mass is 9.79. The van der Waals surface area contributed by atoms with Crippen molar-refractivity contribution in [2.75, 3.05) is 0 Å². The maximum absolute atomic E-state index is 13.9. The van der Waals surface area contributed by atoms with Gasteiger partial charge in [-0.2, -0.15) is 0 Å². The maximum Gasteiger partial charge on any atom is 0.123 e. The molecule has 40 heavy (non-hydrogen) atoms. The molecule has 2 aliphatic heterocycles. The third-order valence-corrected chi connectivity index (χ3v) is 9.34. The third-order valence-electron chi connectivity index (χ3n) is 8.15. The molecule has 2 atom stereocenters. The highest BCUT2D eigenvalue weighted by Gasteiger charge is 2.33. The summed E-state index contributed by atoms with van der Waals surface area (Å²) in [5.74, 6) is -0.0497. The van der Waals surface area contributed by atoms with Gasteiger partial charge in [0.2, 0.25) is 0 Å². The van der Waals surface area contributed by atoms with Crippen molar-refractivity contribution in [3.8, 4) is 11.1 Å². The van der Waals surface area contributed by atoms with Gasteiger partial charge in [0.05, 0.1) is 23.2 Å². The molecule has 0 saturated heterocycles. The molecule has 0 bridgehead atoms. The molecule has 2 unspecified atom stereocenters. The number of nitrogens with zero attached hydrogens (tertiary/aromatic N) is 2. The third kappa shape index (κ3) is 3.90. The maximum atomic E-state index is 13.9. The first-order valence-corrected chi connectivity index (χ1v) is 14.3. The molecule has 5 aromatic rings. The van der Waals surface area contributed by atoms with Gasteiger partial charge in [0, 0.05) is 37.2 Å². The highest BCUT2D eigenvalue weighted by molar-refractivity contribution is 7.26. The first-order chi connectivity index (χ1) is 19.6. The Hall–Kier alpha value is -4.41. The van der Waals surface area contributed by atoms with Crippen LogP contribution < -0.4 is 0 Å². The normalized spacial score (nSPS) is 18.5. The first kappa shape index (κ1) is 24.6. The molecular weight excluding hydrogens is 511 g/mol. The van der Waals surface area contributed by atoms with Crippen molar-refractivity contribution < 1.29 is 4.39 Å². The summed E-state index contributed by atoms with van der Waals surface area (Å²) < 4.78 is 16.3. The van der Waals surface area contributed by atoms with E-state index in [0.29, 0.717) is 0 Å². The van der Waals surface area contributed by atoms with Crippen molar-refractivity contribution in [3.05, 3.63) is 145 Å². The SMILES string of the molecule is C=CC1=NC2C(=C)N=C(C=C)c3c(ccc4c3sc3cc(-c5cccc(F)c5)ccc34)CCC2c2ccccc21. The molecule has 0 radical (unpaired) electrons. The molecule has 2 aliphatic rings. The van der Waals surface area contributed by atoms with E-state index >= 15 is 0 Å². The van der Waals surface area contributed by atoms with E-state index in [1.807, 2.05) is 18.2 Å². The molecule has 3 heterocycles. The lowest BCUT2D eigenvalue weighted by Crippen LogP contribution is -2.27. The molecule has 0 saturated carbocycles. The molecule has 194 valence electrons. The van der Waals surface area contributed by atoms with Crippen molar-refractivity contribution in [2.24, 2.45) is 9.98 Å². The van der Waals surface area contributed by atoms with Gasteiger partial charge in [-0.05, 0) is 65.4 Å². The van der Waals surface area contributed by atoms with Gasteiger partial charge in [0.15, 0.2) is 0 Å². The minimum absolute atomic E-state index is 0.154. The highest BCUT2D eigenvalue weighted by atomic mass is 32.1.